The van der Waals surface area contributed by atoms with Crippen LogP contribution < -0.4 is 11.1 Å². The monoisotopic (exact) mass is 272 g/mol. The van der Waals surface area contributed by atoms with E-state index in [1.807, 2.05) is 0 Å². The lowest BCUT2D eigenvalue weighted by molar-refractivity contribution is -0.123. The minimum atomic E-state index is -0.0365. The lowest BCUT2D eigenvalue weighted by atomic mass is 9.83. The predicted octanol–water partition coefficient (Wildman–Crippen LogP) is 2.05. The molecule has 0 aliphatic carbocycles. The normalized spacial score (nSPS) is 14.3. The summed E-state index contributed by atoms with van der Waals surface area (Å²) in [6.45, 7) is 11.3. The number of aliphatic hydroxyl groups excluding tert-OH is 1. The molecule has 19 heavy (non-hydrogen) atoms. The topological polar surface area (TPSA) is 75.4 Å². The molecule has 0 aromatic rings. The molecule has 0 aliphatic rings. The van der Waals surface area contributed by atoms with E-state index in [0.717, 1.165) is 12.8 Å². The Morgan fingerprint density at radius 1 is 1.21 bits per heavy atom. The van der Waals surface area contributed by atoms with E-state index in [4.69, 9.17) is 10.8 Å². The van der Waals surface area contributed by atoms with Crippen LogP contribution in [0.3, 0.4) is 0 Å². The van der Waals surface area contributed by atoms with Crippen LogP contribution in [0.1, 0.15) is 60.3 Å². The summed E-state index contributed by atoms with van der Waals surface area (Å²) in [4.78, 5) is 12.0. The van der Waals surface area contributed by atoms with Crippen molar-refractivity contribution in [2.24, 2.45) is 16.6 Å². The number of nitrogens with two attached hydrogens (primary N) is 1. The van der Waals surface area contributed by atoms with Gasteiger partial charge in [-0.05, 0) is 36.6 Å². The van der Waals surface area contributed by atoms with Crippen molar-refractivity contribution >= 4 is 5.91 Å². The summed E-state index contributed by atoms with van der Waals surface area (Å²) < 4.78 is 0. The summed E-state index contributed by atoms with van der Waals surface area (Å²) in [5.74, 6) is 0.0680. The molecule has 0 radical (unpaired) electrons. The van der Waals surface area contributed by atoms with Gasteiger partial charge in [0.2, 0.25) is 5.91 Å². The molecule has 0 aromatic heterocycles. The van der Waals surface area contributed by atoms with Gasteiger partial charge in [-0.1, -0.05) is 34.6 Å². The van der Waals surface area contributed by atoms with Crippen LogP contribution in [0.2, 0.25) is 0 Å². The first-order chi connectivity index (χ1) is 8.62. The Morgan fingerprint density at radius 3 is 2.21 bits per heavy atom. The highest BCUT2D eigenvalue weighted by molar-refractivity contribution is 5.76. The molecule has 0 aliphatic heterocycles. The van der Waals surface area contributed by atoms with Crippen LogP contribution in [0.15, 0.2) is 0 Å². The largest absolute Gasteiger partial charge is 0.396 e. The van der Waals surface area contributed by atoms with Gasteiger partial charge in [0, 0.05) is 19.1 Å². The van der Waals surface area contributed by atoms with Crippen LogP contribution in [0, 0.1) is 10.8 Å². The zero-order valence-corrected chi connectivity index (χ0v) is 13.3. The number of hydrogen-bond acceptors (Lipinski definition) is 3. The Morgan fingerprint density at radius 2 is 1.79 bits per heavy atom. The fraction of sp³-hybridized carbons (Fsp3) is 0.933. The number of carbonyl (C=O) groups excluding carboxylic acids is 1. The first-order valence-corrected chi connectivity index (χ1v) is 7.22. The van der Waals surface area contributed by atoms with Crippen molar-refractivity contribution in [1.82, 2.24) is 5.32 Å². The zero-order valence-electron chi connectivity index (χ0n) is 13.3. The van der Waals surface area contributed by atoms with Crippen LogP contribution in [-0.4, -0.2) is 30.2 Å². The van der Waals surface area contributed by atoms with Gasteiger partial charge in [-0.2, -0.15) is 0 Å². The first kappa shape index (κ1) is 18.4. The van der Waals surface area contributed by atoms with Gasteiger partial charge in [0.1, 0.15) is 0 Å². The summed E-state index contributed by atoms with van der Waals surface area (Å²) >= 11 is 0. The van der Waals surface area contributed by atoms with Gasteiger partial charge in [-0.25, -0.2) is 0 Å². The van der Waals surface area contributed by atoms with Crippen molar-refractivity contribution in [1.29, 1.82) is 0 Å². The molecule has 1 amide bonds. The summed E-state index contributed by atoms with van der Waals surface area (Å²) in [6.07, 6.45) is 2.89. The molecule has 0 fully saturated rings. The number of carbonyl (C=O) groups is 1. The van der Waals surface area contributed by atoms with Crippen LogP contribution in [0.25, 0.3) is 0 Å². The third-order valence-electron chi connectivity index (χ3n) is 3.65. The average molecular weight is 272 g/mol. The molecule has 0 rings (SSSR count). The number of hydrogen-bond donors (Lipinski definition) is 3. The van der Waals surface area contributed by atoms with Gasteiger partial charge < -0.3 is 16.2 Å². The molecule has 4 nitrogen and oxygen atoms in total. The molecule has 1 unspecified atom stereocenters. The van der Waals surface area contributed by atoms with Crippen LogP contribution >= 0.6 is 0 Å². The molecule has 0 heterocycles. The van der Waals surface area contributed by atoms with Crippen molar-refractivity contribution in [3.8, 4) is 0 Å². The molecule has 4 heteroatoms. The average Bonchev–Trinajstić information content (AvgIpc) is 2.25. The van der Waals surface area contributed by atoms with E-state index in [1.165, 1.54) is 0 Å². The maximum Gasteiger partial charge on any atom is 0.220 e. The molecule has 0 saturated heterocycles. The highest BCUT2D eigenvalue weighted by Crippen LogP contribution is 2.26. The summed E-state index contributed by atoms with van der Waals surface area (Å²) in [5, 5.41) is 12.1. The number of amides is 1. The highest BCUT2D eigenvalue weighted by atomic mass is 16.3. The lowest BCUT2D eigenvalue weighted by Gasteiger charge is -2.31. The molecular formula is C15H32N2O2. The van der Waals surface area contributed by atoms with Gasteiger partial charge >= 0.3 is 0 Å². The fourth-order valence-corrected chi connectivity index (χ4v) is 2.08. The van der Waals surface area contributed by atoms with E-state index in [2.05, 4.69) is 39.9 Å². The zero-order chi connectivity index (χ0) is 15.1. The second-order valence-corrected chi connectivity index (χ2v) is 7.20. The Bertz CT molecular complexity index is 270. The second-order valence-electron chi connectivity index (χ2n) is 7.20. The maximum atomic E-state index is 12.0. The Kier molecular flexibility index (Phi) is 7.60. The fourth-order valence-electron chi connectivity index (χ4n) is 2.08. The Balaban J connectivity index is 4.28. The SMILES string of the molecule is CC(C)(CCN)CCC(=O)NC(CCO)C(C)(C)C. The predicted molar refractivity (Wildman–Crippen MR) is 79.8 cm³/mol. The van der Waals surface area contributed by atoms with Gasteiger partial charge in [-0.3, -0.25) is 4.79 Å². The third kappa shape index (κ3) is 8.22. The molecule has 114 valence electrons. The number of nitrogens with one attached hydrogen (secondary N) is 1. The van der Waals surface area contributed by atoms with Crippen molar-refractivity contribution in [3.05, 3.63) is 0 Å². The standard InChI is InChI=1S/C15H32N2O2/c1-14(2,3)12(7-11-18)17-13(19)6-8-15(4,5)9-10-16/h12,18H,6-11,16H2,1-5H3,(H,17,19). The highest BCUT2D eigenvalue weighted by Gasteiger charge is 2.26. The first-order valence-electron chi connectivity index (χ1n) is 7.22. The van der Waals surface area contributed by atoms with Crippen molar-refractivity contribution in [3.63, 3.8) is 0 Å². The van der Waals surface area contributed by atoms with E-state index in [1.54, 1.807) is 0 Å². The molecule has 0 spiro atoms. The Labute approximate surface area is 118 Å². The minimum Gasteiger partial charge on any atom is -0.396 e. The molecule has 0 saturated carbocycles. The van der Waals surface area contributed by atoms with Crippen LogP contribution in [-0.2, 0) is 4.79 Å². The van der Waals surface area contributed by atoms with E-state index in [-0.39, 0.29) is 29.4 Å². The third-order valence-corrected chi connectivity index (χ3v) is 3.65. The van der Waals surface area contributed by atoms with Gasteiger partial charge in [0.05, 0.1) is 0 Å². The number of rotatable bonds is 8. The van der Waals surface area contributed by atoms with E-state index in [0.29, 0.717) is 19.4 Å². The minimum absolute atomic E-state index is 0.0163. The summed E-state index contributed by atoms with van der Waals surface area (Å²) in [7, 11) is 0. The number of aliphatic hydroxyl groups is 1. The van der Waals surface area contributed by atoms with E-state index in [9.17, 15) is 4.79 Å². The molecular weight excluding hydrogens is 240 g/mol. The second kappa shape index (κ2) is 7.85. The summed E-state index contributed by atoms with van der Waals surface area (Å²) in [5.41, 5.74) is 5.64. The molecule has 0 aromatic carbocycles. The van der Waals surface area contributed by atoms with Gasteiger partial charge in [-0.15, -0.1) is 0 Å². The molecule has 1 atom stereocenters. The smallest absolute Gasteiger partial charge is 0.220 e. The summed E-state index contributed by atoms with van der Waals surface area (Å²) in [6, 6.07) is 0.0163. The maximum absolute atomic E-state index is 12.0. The van der Waals surface area contributed by atoms with Gasteiger partial charge in [0.25, 0.3) is 0 Å². The van der Waals surface area contributed by atoms with Gasteiger partial charge in [0.15, 0.2) is 0 Å². The molecule has 0 bridgehead atoms. The van der Waals surface area contributed by atoms with Crippen molar-refractivity contribution < 1.29 is 9.90 Å². The van der Waals surface area contributed by atoms with Crippen LogP contribution in [0.5, 0.6) is 0 Å². The van der Waals surface area contributed by atoms with Crippen molar-refractivity contribution in [2.75, 3.05) is 13.2 Å². The van der Waals surface area contributed by atoms with E-state index < -0.39 is 0 Å². The Hall–Kier alpha value is -0.610. The lowest BCUT2D eigenvalue weighted by Crippen LogP contribution is -2.44. The van der Waals surface area contributed by atoms with Crippen molar-refractivity contribution in [2.45, 2.75) is 66.3 Å². The molecule has 4 N–H and O–H groups in total. The van der Waals surface area contributed by atoms with E-state index >= 15 is 0 Å². The van der Waals surface area contributed by atoms with Crippen LogP contribution in [0.4, 0.5) is 0 Å². The quantitative estimate of drug-likeness (QED) is 0.633.